The smallest absolute Gasteiger partial charge is 0.251 e. The third kappa shape index (κ3) is 6.66. The van der Waals surface area contributed by atoms with Gasteiger partial charge in [0.25, 0.3) is 5.91 Å². The lowest BCUT2D eigenvalue weighted by atomic mass is 10.2. The molecule has 0 saturated carbocycles. The highest BCUT2D eigenvalue weighted by Crippen LogP contribution is 2.18. The number of rotatable bonds is 10. The maximum absolute atomic E-state index is 12.9. The molecule has 30 heavy (non-hydrogen) atoms. The first-order valence-corrected chi connectivity index (χ1v) is 12.6. The molecule has 0 saturated heterocycles. The van der Waals surface area contributed by atoms with Crippen LogP contribution < -0.4 is 10.0 Å². The Labute approximate surface area is 183 Å². The van der Waals surface area contributed by atoms with Crippen LogP contribution in [0.3, 0.4) is 0 Å². The number of hydrogen-bond donors (Lipinski definition) is 2. The van der Waals surface area contributed by atoms with Crippen molar-refractivity contribution in [2.24, 2.45) is 0 Å². The van der Waals surface area contributed by atoms with Gasteiger partial charge in [-0.25, -0.2) is 17.5 Å². The fourth-order valence-corrected chi connectivity index (χ4v) is 5.20. The minimum absolute atomic E-state index is 0.0542. The number of hydrogen-bond acceptors (Lipinski definition) is 5. The van der Waals surface area contributed by atoms with Crippen molar-refractivity contribution in [1.29, 1.82) is 0 Å². The molecule has 9 heteroatoms. The van der Waals surface area contributed by atoms with Crippen LogP contribution in [0.25, 0.3) is 0 Å². The highest BCUT2D eigenvalue weighted by molar-refractivity contribution is 7.99. The minimum atomic E-state index is -3.71. The van der Waals surface area contributed by atoms with E-state index < -0.39 is 10.0 Å². The van der Waals surface area contributed by atoms with E-state index in [1.54, 1.807) is 36.0 Å². The van der Waals surface area contributed by atoms with Gasteiger partial charge < -0.3 is 5.32 Å². The van der Waals surface area contributed by atoms with Crippen LogP contribution in [0.15, 0.2) is 75.8 Å². The van der Waals surface area contributed by atoms with Crippen LogP contribution in [-0.4, -0.2) is 26.6 Å². The number of nitrogens with one attached hydrogen (secondary N) is 2. The zero-order valence-electron chi connectivity index (χ0n) is 16.0. The van der Waals surface area contributed by atoms with E-state index >= 15 is 0 Å². The van der Waals surface area contributed by atoms with Gasteiger partial charge in [0.15, 0.2) is 0 Å². The van der Waals surface area contributed by atoms with Crippen LogP contribution in [0, 0.1) is 5.82 Å². The number of benzene rings is 2. The molecule has 0 radical (unpaired) electrons. The van der Waals surface area contributed by atoms with Gasteiger partial charge in [-0.1, -0.05) is 12.1 Å². The van der Waals surface area contributed by atoms with E-state index in [2.05, 4.69) is 10.0 Å². The lowest BCUT2D eigenvalue weighted by Gasteiger charge is -2.09. The summed E-state index contributed by atoms with van der Waals surface area (Å²) in [6, 6.07) is 16.0. The van der Waals surface area contributed by atoms with E-state index in [4.69, 9.17) is 0 Å². The molecule has 0 aliphatic rings. The summed E-state index contributed by atoms with van der Waals surface area (Å²) < 4.78 is 40.4. The second-order valence-corrected chi connectivity index (χ2v) is 10.3. The Morgan fingerprint density at radius 1 is 1.07 bits per heavy atom. The number of halogens is 1. The van der Waals surface area contributed by atoms with E-state index in [0.29, 0.717) is 12.1 Å². The summed E-state index contributed by atoms with van der Waals surface area (Å²) in [5, 5.41) is 4.68. The third-order valence-electron chi connectivity index (χ3n) is 4.11. The number of thioether (sulfide) groups is 1. The third-order valence-corrected chi connectivity index (χ3v) is 7.49. The number of thiophene rings is 1. The van der Waals surface area contributed by atoms with Gasteiger partial charge in [0.1, 0.15) is 5.82 Å². The largest absolute Gasteiger partial charge is 0.352 e. The number of amides is 1. The fraction of sp³-hybridized carbons (Fsp3) is 0.190. The molecule has 0 fully saturated rings. The Kier molecular flexibility index (Phi) is 8.03. The Hall–Kier alpha value is -2.20. The predicted octanol–water partition coefficient (Wildman–Crippen LogP) is 4.28. The molecule has 1 heterocycles. The molecule has 158 valence electrons. The summed E-state index contributed by atoms with van der Waals surface area (Å²) in [5.74, 6) is 0.183. The van der Waals surface area contributed by atoms with Crippen LogP contribution in [0.5, 0.6) is 0 Å². The molecular weight excluding hydrogens is 443 g/mol. The zero-order valence-corrected chi connectivity index (χ0v) is 18.5. The Balaban J connectivity index is 1.48. The molecule has 0 unspecified atom stereocenters. The molecule has 2 aromatic carbocycles. The predicted molar refractivity (Wildman–Crippen MR) is 119 cm³/mol. The molecule has 3 rings (SSSR count). The SMILES string of the molecule is O=C(NCCCSc1ccc(F)cc1)c1cccc(S(=O)(=O)NCc2cccs2)c1. The summed E-state index contributed by atoms with van der Waals surface area (Å²) in [4.78, 5) is 14.3. The van der Waals surface area contributed by atoms with E-state index in [1.165, 1.54) is 35.6 Å². The number of carbonyl (C=O) groups is 1. The molecule has 0 atom stereocenters. The molecule has 0 aliphatic heterocycles. The van der Waals surface area contributed by atoms with Crippen LogP contribution in [0.2, 0.25) is 0 Å². The molecule has 0 bridgehead atoms. The van der Waals surface area contributed by atoms with Gasteiger partial charge in [-0.05, 0) is 66.1 Å². The molecular formula is C21H21FN2O3S3. The van der Waals surface area contributed by atoms with Crippen molar-refractivity contribution in [3.8, 4) is 0 Å². The number of sulfonamides is 1. The van der Waals surface area contributed by atoms with Crippen LogP contribution in [0.1, 0.15) is 21.7 Å². The molecule has 0 spiro atoms. The van der Waals surface area contributed by atoms with Gasteiger partial charge in [0, 0.05) is 28.4 Å². The van der Waals surface area contributed by atoms with Crippen molar-refractivity contribution >= 4 is 39.0 Å². The Morgan fingerprint density at radius 2 is 1.87 bits per heavy atom. The summed E-state index contributed by atoms with van der Waals surface area (Å²) in [5.41, 5.74) is 0.292. The standard InChI is InChI=1S/C21H21FN2O3S3/c22-17-7-9-18(10-8-17)28-13-3-11-23-21(25)16-4-1-6-20(14-16)30(26,27)24-15-19-5-2-12-29-19/h1-2,4-10,12,14,24H,3,11,13,15H2,(H,23,25). The summed E-state index contributed by atoms with van der Waals surface area (Å²) in [6.45, 7) is 0.669. The average Bonchev–Trinajstić information content (AvgIpc) is 3.27. The molecule has 1 amide bonds. The average molecular weight is 465 g/mol. The summed E-state index contributed by atoms with van der Waals surface area (Å²) >= 11 is 3.05. The van der Waals surface area contributed by atoms with E-state index in [0.717, 1.165) is 21.9 Å². The maximum atomic E-state index is 12.9. The first-order chi connectivity index (χ1) is 14.4. The first kappa shape index (κ1) is 22.5. The van der Waals surface area contributed by atoms with Gasteiger partial charge >= 0.3 is 0 Å². The minimum Gasteiger partial charge on any atom is -0.352 e. The summed E-state index contributed by atoms with van der Waals surface area (Å²) in [7, 11) is -3.71. The maximum Gasteiger partial charge on any atom is 0.251 e. The lowest BCUT2D eigenvalue weighted by molar-refractivity contribution is 0.0953. The van der Waals surface area contributed by atoms with Crippen molar-refractivity contribution in [3.05, 3.63) is 82.3 Å². The normalized spacial score (nSPS) is 11.4. The van der Waals surface area contributed by atoms with Crippen molar-refractivity contribution in [3.63, 3.8) is 0 Å². The van der Waals surface area contributed by atoms with E-state index in [9.17, 15) is 17.6 Å². The van der Waals surface area contributed by atoms with Crippen molar-refractivity contribution in [2.45, 2.75) is 22.8 Å². The van der Waals surface area contributed by atoms with Gasteiger partial charge in [-0.15, -0.1) is 23.1 Å². The van der Waals surface area contributed by atoms with Crippen molar-refractivity contribution in [1.82, 2.24) is 10.0 Å². The highest BCUT2D eigenvalue weighted by atomic mass is 32.2. The van der Waals surface area contributed by atoms with Crippen LogP contribution in [-0.2, 0) is 16.6 Å². The lowest BCUT2D eigenvalue weighted by Crippen LogP contribution is -2.26. The summed E-state index contributed by atoms with van der Waals surface area (Å²) in [6.07, 6.45) is 0.730. The second-order valence-electron chi connectivity index (χ2n) is 6.34. The van der Waals surface area contributed by atoms with Gasteiger partial charge in [0.2, 0.25) is 10.0 Å². The van der Waals surface area contributed by atoms with Crippen LogP contribution >= 0.6 is 23.1 Å². The fourth-order valence-electron chi connectivity index (χ4n) is 2.56. The Bertz CT molecular complexity index is 1070. The molecule has 1 aromatic heterocycles. The Morgan fingerprint density at radius 3 is 2.60 bits per heavy atom. The van der Waals surface area contributed by atoms with Crippen LogP contribution in [0.4, 0.5) is 4.39 Å². The topological polar surface area (TPSA) is 75.3 Å². The molecule has 2 N–H and O–H groups in total. The second kappa shape index (κ2) is 10.7. The number of carbonyl (C=O) groups excluding carboxylic acids is 1. The zero-order chi connectivity index (χ0) is 21.4. The molecule has 0 aliphatic carbocycles. The molecule has 5 nitrogen and oxygen atoms in total. The van der Waals surface area contributed by atoms with Gasteiger partial charge in [-0.2, -0.15) is 0 Å². The van der Waals surface area contributed by atoms with Crippen molar-refractivity contribution in [2.75, 3.05) is 12.3 Å². The van der Waals surface area contributed by atoms with Gasteiger partial charge in [-0.3, -0.25) is 4.79 Å². The molecule has 3 aromatic rings. The van der Waals surface area contributed by atoms with Gasteiger partial charge in [0.05, 0.1) is 4.90 Å². The van der Waals surface area contributed by atoms with E-state index in [-0.39, 0.29) is 23.2 Å². The monoisotopic (exact) mass is 464 g/mol. The highest BCUT2D eigenvalue weighted by Gasteiger charge is 2.16. The van der Waals surface area contributed by atoms with E-state index in [1.807, 2.05) is 17.5 Å². The van der Waals surface area contributed by atoms with Crippen molar-refractivity contribution < 1.29 is 17.6 Å². The first-order valence-electron chi connectivity index (χ1n) is 9.23. The quantitative estimate of drug-likeness (QED) is 0.347.